The average molecular weight is 369 g/mol. The summed E-state index contributed by atoms with van der Waals surface area (Å²) in [5, 5.41) is 14.7. The number of amides is 1. The highest BCUT2D eigenvalue weighted by molar-refractivity contribution is 5.94. The molecule has 0 aliphatic carbocycles. The number of fused-ring (bicyclic) bond motifs is 5. The van der Waals surface area contributed by atoms with Crippen LogP contribution in [-0.4, -0.2) is 43.0 Å². The first-order valence-corrected chi connectivity index (χ1v) is 8.55. The zero-order chi connectivity index (χ0) is 19.1. The predicted octanol–water partition coefficient (Wildman–Crippen LogP) is 2.38. The van der Waals surface area contributed by atoms with E-state index in [-0.39, 0.29) is 30.0 Å². The summed E-state index contributed by atoms with van der Waals surface area (Å²) < 4.78 is 10.8. The molecule has 140 valence electrons. The molecule has 0 aromatic heterocycles. The third-order valence-electron chi connectivity index (χ3n) is 5.15. The molecule has 0 saturated carbocycles. The van der Waals surface area contributed by atoms with Crippen LogP contribution in [0, 0.1) is 10.1 Å². The van der Waals surface area contributed by atoms with Crippen LogP contribution in [0.15, 0.2) is 36.4 Å². The molecule has 2 aromatic rings. The van der Waals surface area contributed by atoms with Gasteiger partial charge in [-0.15, -0.1) is 0 Å². The van der Waals surface area contributed by atoms with Crippen LogP contribution in [0.3, 0.4) is 0 Å². The van der Waals surface area contributed by atoms with E-state index in [0.717, 1.165) is 16.8 Å². The van der Waals surface area contributed by atoms with Gasteiger partial charge in [-0.05, 0) is 29.3 Å². The third-order valence-corrected chi connectivity index (χ3v) is 5.15. The largest absolute Gasteiger partial charge is 0.493 e. The first kappa shape index (κ1) is 17.3. The molecule has 2 heterocycles. The van der Waals surface area contributed by atoms with Crippen molar-refractivity contribution < 1.29 is 19.2 Å². The number of para-hydroxylation sites is 1. The maximum Gasteiger partial charge on any atom is 0.251 e. The maximum atomic E-state index is 12.3. The molecule has 4 rings (SSSR count). The SMILES string of the molecule is COc1cc2c(cc1OC)C([N+](=O)[O-])CN1CC(=O)Nc3ccccc3C21. The Morgan fingerprint density at radius 2 is 1.78 bits per heavy atom. The number of nitrogens with zero attached hydrogens (tertiary/aromatic N) is 2. The Morgan fingerprint density at radius 3 is 2.44 bits per heavy atom. The van der Waals surface area contributed by atoms with Crippen molar-refractivity contribution in [2.45, 2.75) is 12.1 Å². The molecule has 2 aliphatic heterocycles. The number of nitro groups is 1. The van der Waals surface area contributed by atoms with E-state index < -0.39 is 6.04 Å². The van der Waals surface area contributed by atoms with Crippen LogP contribution in [0.2, 0.25) is 0 Å². The molecule has 1 amide bonds. The summed E-state index contributed by atoms with van der Waals surface area (Å²) in [5.41, 5.74) is 2.96. The molecule has 1 N–H and O–H groups in total. The molecule has 0 bridgehead atoms. The first-order chi connectivity index (χ1) is 13.0. The molecule has 8 heteroatoms. The van der Waals surface area contributed by atoms with Crippen LogP contribution < -0.4 is 14.8 Å². The molecular weight excluding hydrogens is 350 g/mol. The van der Waals surface area contributed by atoms with Gasteiger partial charge in [0.05, 0.1) is 33.4 Å². The number of rotatable bonds is 3. The molecule has 27 heavy (non-hydrogen) atoms. The number of hydrogen-bond donors (Lipinski definition) is 1. The van der Waals surface area contributed by atoms with Crippen LogP contribution in [0.4, 0.5) is 5.69 Å². The molecule has 0 saturated heterocycles. The van der Waals surface area contributed by atoms with E-state index in [4.69, 9.17) is 9.47 Å². The number of carbonyl (C=O) groups is 1. The Hall–Kier alpha value is -3.13. The molecule has 2 unspecified atom stereocenters. The molecule has 0 radical (unpaired) electrons. The Bertz CT molecular complexity index is 930. The number of methoxy groups -OCH3 is 2. The van der Waals surface area contributed by atoms with Gasteiger partial charge in [0.1, 0.15) is 0 Å². The summed E-state index contributed by atoms with van der Waals surface area (Å²) in [5.74, 6) is 0.768. The number of hydrogen-bond acceptors (Lipinski definition) is 6. The minimum atomic E-state index is -0.950. The lowest BCUT2D eigenvalue weighted by Gasteiger charge is -2.37. The van der Waals surface area contributed by atoms with Gasteiger partial charge in [0.2, 0.25) is 5.91 Å². The summed E-state index contributed by atoms with van der Waals surface area (Å²) in [6, 6.07) is 9.76. The van der Waals surface area contributed by atoms with Crippen molar-refractivity contribution >= 4 is 11.6 Å². The van der Waals surface area contributed by atoms with Crippen molar-refractivity contribution in [3.8, 4) is 11.5 Å². The summed E-state index contributed by atoms with van der Waals surface area (Å²) in [6.07, 6.45) is 0. The average Bonchev–Trinajstić information content (AvgIpc) is 2.81. The number of nitrogens with one attached hydrogen (secondary N) is 1. The Labute approximate surface area is 155 Å². The summed E-state index contributed by atoms with van der Waals surface area (Å²) in [7, 11) is 3.03. The first-order valence-electron chi connectivity index (χ1n) is 8.55. The van der Waals surface area contributed by atoms with Crippen molar-refractivity contribution in [1.82, 2.24) is 4.90 Å². The third kappa shape index (κ3) is 2.78. The highest BCUT2D eigenvalue weighted by Gasteiger charge is 2.43. The minimum Gasteiger partial charge on any atom is -0.493 e. The number of carbonyl (C=O) groups excluding carboxylic acids is 1. The maximum absolute atomic E-state index is 12.3. The van der Waals surface area contributed by atoms with Gasteiger partial charge >= 0.3 is 0 Å². The van der Waals surface area contributed by atoms with E-state index >= 15 is 0 Å². The van der Waals surface area contributed by atoms with Crippen molar-refractivity contribution in [2.24, 2.45) is 0 Å². The summed E-state index contributed by atoms with van der Waals surface area (Å²) in [4.78, 5) is 25.7. The van der Waals surface area contributed by atoms with E-state index in [1.165, 1.54) is 14.2 Å². The van der Waals surface area contributed by atoms with Crippen molar-refractivity contribution in [1.29, 1.82) is 0 Å². The number of ether oxygens (including phenoxy) is 2. The van der Waals surface area contributed by atoms with Crippen LogP contribution in [0.25, 0.3) is 0 Å². The minimum absolute atomic E-state index is 0.0808. The predicted molar refractivity (Wildman–Crippen MR) is 97.8 cm³/mol. The van der Waals surface area contributed by atoms with E-state index in [9.17, 15) is 14.9 Å². The lowest BCUT2D eigenvalue weighted by molar-refractivity contribution is -0.531. The molecular formula is C19H19N3O5. The number of anilines is 1. The molecule has 2 aromatic carbocycles. The molecule has 2 atom stereocenters. The molecule has 0 fully saturated rings. The second-order valence-electron chi connectivity index (χ2n) is 6.60. The zero-order valence-electron chi connectivity index (χ0n) is 15.0. The highest BCUT2D eigenvalue weighted by Crippen LogP contribution is 2.46. The second-order valence-corrected chi connectivity index (χ2v) is 6.60. The van der Waals surface area contributed by atoms with Crippen molar-refractivity contribution in [2.75, 3.05) is 32.6 Å². The second kappa shape index (κ2) is 6.55. The van der Waals surface area contributed by atoms with Gasteiger partial charge in [-0.1, -0.05) is 18.2 Å². The molecule has 8 nitrogen and oxygen atoms in total. The van der Waals surface area contributed by atoms with E-state index in [2.05, 4.69) is 5.32 Å². The van der Waals surface area contributed by atoms with Gasteiger partial charge in [-0.25, -0.2) is 0 Å². The summed E-state index contributed by atoms with van der Waals surface area (Å²) >= 11 is 0. The lowest BCUT2D eigenvalue weighted by Crippen LogP contribution is -2.42. The van der Waals surface area contributed by atoms with Crippen LogP contribution in [-0.2, 0) is 4.79 Å². The van der Waals surface area contributed by atoms with Crippen molar-refractivity contribution in [3.05, 3.63) is 63.2 Å². The van der Waals surface area contributed by atoms with E-state index in [1.54, 1.807) is 12.1 Å². The topological polar surface area (TPSA) is 93.9 Å². The van der Waals surface area contributed by atoms with Gasteiger partial charge < -0.3 is 14.8 Å². The highest BCUT2D eigenvalue weighted by atomic mass is 16.6. The lowest BCUT2D eigenvalue weighted by atomic mass is 9.85. The fraction of sp³-hybridized carbons (Fsp3) is 0.316. The van der Waals surface area contributed by atoms with E-state index in [1.807, 2.05) is 29.2 Å². The van der Waals surface area contributed by atoms with Crippen LogP contribution >= 0.6 is 0 Å². The fourth-order valence-electron chi connectivity index (χ4n) is 3.98. The van der Waals surface area contributed by atoms with Gasteiger partial charge in [-0.3, -0.25) is 19.8 Å². The van der Waals surface area contributed by atoms with Gasteiger partial charge in [-0.2, -0.15) is 0 Å². The molecule has 0 spiro atoms. The Balaban J connectivity index is 1.98. The Kier molecular flexibility index (Phi) is 4.19. The smallest absolute Gasteiger partial charge is 0.251 e. The quantitative estimate of drug-likeness (QED) is 0.659. The zero-order valence-corrected chi connectivity index (χ0v) is 15.0. The van der Waals surface area contributed by atoms with Crippen molar-refractivity contribution in [3.63, 3.8) is 0 Å². The van der Waals surface area contributed by atoms with Gasteiger partial charge in [0.25, 0.3) is 6.04 Å². The monoisotopic (exact) mass is 369 g/mol. The van der Waals surface area contributed by atoms with Gasteiger partial charge in [0, 0.05) is 16.2 Å². The van der Waals surface area contributed by atoms with Gasteiger partial charge in [0.15, 0.2) is 11.5 Å². The standard InChI is InChI=1S/C19H19N3O5/c1-26-16-7-12-13(8-17(16)27-2)19-11-5-3-4-6-14(11)20-18(23)10-21(19)9-15(12)22(24)25/h3-8,15,19H,9-10H2,1-2H3,(H,20,23). The Morgan fingerprint density at radius 1 is 1.11 bits per heavy atom. The van der Waals surface area contributed by atoms with Crippen LogP contribution in [0.5, 0.6) is 11.5 Å². The number of benzene rings is 2. The molecule has 2 aliphatic rings. The van der Waals surface area contributed by atoms with Crippen LogP contribution in [0.1, 0.15) is 28.8 Å². The summed E-state index contributed by atoms with van der Waals surface area (Å²) in [6.45, 7) is 0.222. The van der Waals surface area contributed by atoms with E-state index in [0.29, 0.717) is 17.1 Å². The normalized spacial score (nSPS) is 21.2. The fourth-order valence-corrected chi connectivity index (χ4v) is 3.98.